The maximum Gasteiger partial charge on any atom is 0.306 e. The number of hydrogen-bond acceptors (Lipinski definition) is 10. The van der Waals surface area contributed by atoms with Crippen molar-refractivity contribution in [2.45, 2.75) is 372 Å². The van der Waals surface area contributed by atoms with E-state index in [0.717, 1.165) is 64.2 Å². The Kier molecular flexibility index (Phi) is 53.4. The Hall–Kier alpha value is -2.12. The Morgan fingerprint density at radius 3 is 1.32 bits per heavy atom. The molecule has 6 N–H and O–H groups in total. The van der Waals surface area contributed by atoms with E-state index in [-0.39, 0.29) is 13.0 Å². The SMILES string of the molecule is CCCCC/C=C\C/C=C\CCCCCCCCCCCCCCCCC(O)C(=O)NC(COC1OC(CO)C(O)C(O)C1OC(=O)CCCCCCCCCCCCCCCC)C(O)/C=C/CCCCCCCCCCCC. The van der Waals surface area contributed by atoms with Crippen molar-refractivity contribution < 1.29 is 49.3 Å². The van der Waals surface area contributed by atoms with Gasteiger partial charge in [-0.15, -0.1) is 0 Å². The molecule has 1 rings (SSSR count). The van der Waals surface area contributed by atoms with Crippen LogP contribution in [0.25, 0.3) is 0 Å². The molecule has 0 spiro atoms. The van der Waals surface area contributed by atoms with Crippen LogP contribution in [0, 0.1) is 0 Å². The standard InChI is InChI=1S/C68H127NO10/c1-4-7-10-13-16-19-22-25-27-28-29-30-31-32-33-34-35-36-37-40-43-46-49-52-55-61(72)67(76)69-59(60(71)54-51-48-45-42-39-24-21-18-15-12-9-6-3)58-77-68-66(65(75)64(74)62(57-70)78-68)79-63(73)56-53-50-47-44-41-38-26-23-20-17-14-11-8-5-2/h16,19,25,27,51,54,59-62,64-66,68,70-72,74-75H,4-15,17-18,20-24,26,28-50,52-53,55-58H2,1-3H3,(H,69,76)/b19-16-,27-25-,54-51+. The van der Waals surface area contributed by atoms with Gasteiger partial charge >= 0.3 is 5.97 Å². The van der Waals surface area contributed by atoms with Crippen LogP contribution in [-0.4, -0.2) is 99.6 Å². The summed E-state index contributed by atoms with van der Waals surface area (Å²) in [5.41, 5.74) is 0. The van der Waals surface area contributed by atoms with E-state index < -0.39 is 67.4 Å². The highest BCUT2D eigenvalue weighted by atomic mass is 16.7. The largest absolute Gasteiger partial charge is 0.454 e. The number of carbonyl (C=O) groups excluding carboxylic acids is 2. The second-order valence-corrected chi connectivity index (χ2v) is 23.6. The topological polar surface area (TPSA) is 175 Å². The second kappa shape index (κ2) is 56.4. The highest BCUT2D eigenvalue weighted by molar-refractivity contribution is 5.80. The van der Waals surface area contributed by atoms with Crippen LogP contribution in [0.15, 0.2) is 36.5 Å². The number of nitrogens with one attached hydrogen (secondary N) is 1. The van der Waals surface area contributed by atoms with Gasteiger partial charge in [0.1, 0.15) is 24.4 Å². The van der Waals surface area contributed by atoms with Crippen LogP contribution in [-0.2, 0) is 23.8 Å². The molecule has 0 aromatic rings. The van der Waals surface area contributed by atoms with Gasteiger partial charge in [0.2, 0.25) is 5.91 Å². The van der Waals surface area contributed by atoms with Gasteiger partial charge in [-0.25, -0.2) is 0 Å². The Bertz CT molecular complexity index is 1420. The van der Waals surface area contributed by atoms with Gasteiger partial charge in [-0.05, 0) is 57.8 Å². The number of aliphatic hydroxyl groups is 5. The van der Waals surface area contributed by atoms with Gasteiger partial charge in [0.05, 0.1) is 25.4 Å². The van der Waals surface area contributed by atoms with E-state index in [1.54, 1.807) is 6.08 Å². The zero-order valence-electron chi connectivity index (χ0n) is 51.5. The molecule has 0 aliphatic carbocycles. The first-order valence-corrected chi connectivity index (χ1v) is 33.8. The van der Waals surface area contributed by atoms with Crippen LogP contribution < -0.4 is 5.32 Å². The number of rotatable bonds is 58. The third-order valence-electron chi connectivity index (χ3n) is 16.0. The minimum absolute atomic E-state index is 0.129. The molecule has 11 nitrogen and oxygen atoms in total. The number of aliphatic hydroxyl groups excluding tert-OH is 5. The average molecular weight is 1120 g/mol. The number of amides is 1. The number of allylic oxidation sites excluding steroid dienone is 5. The molecule has 1 aliphatic rings. The summed E-state index contributed by atoms with van der Waals surface area (Å²) in [5, 5.41) is 57.1. The molecule has 11 heteroatoms. The Balaban J connectivity index is 2.58. The fourth-order valence-electron chi connectivity index (χ4n) is 10.7. The van der Waals surface area contributed by atoms with Crippen molar-refractivity contribution in [3.05, 3.63) is 36.5 Å². The molecular formula is C68H127NO10. The molecule has 0 aromatic heterocycles. The normalized spacial score (nSPS) is 19.0. The molecule has 8 unspecified atom stereocenters. The van der Waals surface area contributed by atoms with E-state index in [0.29, 0.717) is 19.3 Å². The van der Waals surface area contributed by atoms with Crippen LogP contribution in [0.1, 0.15) is 323 Å². The van der Waals surface area contributed by atoms with E-state index in [1.165, 1.54) is 212 Å². The van der Waals surface area contributed by atoms with Crippen LogP contribution >= 0.6 is 0 Å². The quantitative estimate of drug-likeness (QED) is 0.0195. The minimum atomic E-state index is -1.61. The molecule has 79 heavy (non-hydrogen) atoms. The lowest BCUT2D eigenvalue weighted by molar-refractivity contribution is -0.305. The number of hydrogen-bond donors (Lipinski definition) is 6. The summed E-state index contributed by atoms with van der Waals surface area (Å²) in [6.07, 6.45) is 57.6. The first kappa shape index (κ1) is 74.9. The molecule has 8 atom stereocenters. The maximum absolute atomic E-state index is 13.5. The summed E-state index contributed by atoms with van der Waals surface area (Å²) < 4.78 is 17.6. The van der Waals surface area contributed by atoms with E-state index in [9.17, 15) is 35.1 Å². The molecule has 0 aromatic carbocycles. The lowest BCUT2D eigenvalue weighted by Crippen LogP contribution is -2.61. The highest BCUT2D eigenvalue weighted by Gasteiger charge is 2.47. The summed E-state index contributed by atoms with van der Waals surface area (Å²) in [7, 11) is 0. The fraction of sp³-hybridized carbons (Fsp3) is 0.882. The van der Waals surface area contributed by atoms with Crippen LogP contribution in [0.5, 0.6) is 0 Å². The zero-order valence-corrected chi connectivity index (χ0v) is 51.5. The third-order valence-corrected chi connectivity index (χ3v) is 16.0. The lowest BCUT2D eigenvalue weighted by Gasteiger charge is -2.41. The Morgan fingerprint density at radius 1 is 0.494 bits per heavy atom. The van der Waals surface area contributed by atoms with Gasteiger partial charge in [0.15, 0.2) is 12.4 Å². The average Bonchev–Trinajstić information content (AvgIpc) is 3.46. The molecule has 0 radical (unpaired) electrons. The van der Waals surface area contributed by atoms with Gasteiger partial charge in [0.25, 0.3) is 0 Å². The Labute approximate surface area is 485 Å². The maximum atomic E-state index is 13.5. The van der Waals surface area contributed by atoms with Crippen LogP contribution in [0.2, 0.25) is 0 Å². The molecule has 1 aliphatic heterocycles. The van der Waals surface area contributed by atoms with Crippen molar-refractivity contribution in [1.29, 1.82) is 0 Å². The monoisotopic (exact) mass is 1120 g/mol. The van der Waals surface area contributed by atoms with E-state index in [1.807, 2.05) is 6.08 Å². The zero-order chi connectivity index (χ0) is 57.5. The van der Waals surface area contributed by atoms with Crippen molar-refractivity contribution in [3.63, 3.8) is 0 Å². The summed E-state index contributed by atoms with van der Waals surface area (Å²) in [6.45, 7) is 5.80. The number of ether oxygens (including phenoxy) is 3. The first-order valence-electron chi connectivity index (χ1n) is 33.8. The van der Waals surface area contributed by atoms with Gasteiger partial charge in [0, 0.05) is 6.42 Å². The van der Waals surface area contributed by atoms with Gasteiger partial charge in [-0.3, -0.25) is 9.59 Å². The molecule has 464 valence electrons. The van der Waals surface area contributed by atoms with Crippen molar-refractivity contribution in [2.75, 3.05) is 13.2 Å². The van der Waals surface area contributed by atoms with Gasteiger partial charge < -0.3 is 45.1 Å². The smallest absolute Gasteiger partial charge is 0.306 e. The highest BCUT2D eigenvalue weighted by Crippen LogP contribution is 2.26. The van der Waals surface area contributed by atoms with Crippen molar-refractivity contribution in [2.24, 2.45) is 0 Å². The van der Waals surface area contributed by atoms with Gasteiger partial charge in [-0.2, -0.15) is 0 Å². The molecule has 1 amide bonds. The van der Waals surface area contributed by atoms with Gasteiger partial charge in [-0.1, -0.05) is 295 Å². The molecule has 1 heterocycles. The first-order chi connectivity index (χ1) is 38.7. The van der Waals surface area contributed by atoms with E-state index in [4.69, 9.17) is 14.2 Å². The summed E-state index contributed by atoms with van der Waals surface area (Å²) >= 11 is 0. The molecule has 1 saturated heterocycles. The predicted molar refractivity (Wildman–Crippen MR) is 329 cm³/mol. The summed E-state index contributed by atoms with van der Waals surface area (Å²) in [5.74, 6) is -1.18. The summed E-state index contributed by atoms with van der Waals surface area (Å²) in [4.78, 5) is 26.6. The number of carbonyl (C=O) groups is 2. The van der Waals surface area contributed by atoms with Crippen molar-refractivity contribution in [3.8, 4) is 0 Å². The summed E-state index contributed by atoms with van der Waals surface area (Å²) in [6, 6.07) is -1.02. The molecule has 0 bridgehead atoms. The lowest BCUT2D eigenvalue weighted by atomic mass is 9.99. The van der Waals surface area contributed by atoms with E-state index in [2.05, 4.69) is 50.4 Å². The molecular weight excluding hydrogens is 991 g/mol. The molecule has 1 fully saturated rings. The second-order valence-electron chi connectivity index (χ2n) is 23.6. The third kappa shape index (κ3) is 44.1. The number of unbranched alkanes of at least 4 members (excludes halogenated alkanes) is 40. The predicted octanol–water partition coefficient (Wildman–Crippen LogP) is 16.6. The minimum Gasteiger partial charge on any atom is -0.454 e. The fourth-order valence-corrected chi connectivity index (χ4v) is 10.7. The van der Waals surface area contributed by atoms with Crippen LogP contribution in [0.3, 0.4) is 0 Å². The van der Waals surface area contributed by atoms with Crippen molar-refractivity contribution in [1.82, 2.24) is 5.32 Å². The Morgan fingerprint density at radius 2 is 0.873 bits per heavy atom. The number of esters is 1. The van der Waals surface area contributed by atoms with Crippen LogP contribution in [0.4, 0.5) is 0 Å². The van der Waals surface area contributed by atoms with E-state index >= 15 is 0 Å². The van der Waals surface area contributed by atoms with Crippen molar-refractivity contribution >= 4 is 11.9 Å². The molecule has 0 saturated carbocycles.